The molecule has 0 bridgehead atoms. The number of carbonyl (C=O) groups is 1. The number of aromatic nitrogens is 2. The van der Waals surface area contributed by atoms with Crippen molar-refractivity contribution >= 4 is 40.1 Å². The average Bonchev–Trinajstić information content (AvgIpc) is 2.98. The minimum atomic E-state index is -0.735. The van der Waals surface area contributed by atoms with Gasteiger partial charge in [0.2, 0.25) is 5.91 Å². The van der Waals surface area contributed by atoms with Crippen LogP contribution in [0.5, 0.6) is 0 Å². The Morgan fingerprint density at radius 1 is 1.32 bits per heavy atom. The number of nitro groups is 1. The standard InChI is InChI=1S/C19H19FN4O3S/c1-12(2)10-23-16-6-4-3-5-14(16)22-19(23)28-11-18(25)21-15-8-7-13(20)9-17(15)24(26)27/h3-9,12H,10-11H2,1-2H3,(H,21,25). The zero-order valence-electron chi connectivity index (χ0n) is 15.4. The molecule has 3 aromatic rings. The van der Waals surface area contributed by atoms with Crippen LogP contribution in [-0.4, -0.2) is 26.1 Å². The number of hydrogen-bond donors (Lipinski definition) is 1. The summed E-state index contributed by atoms with van der Waals surface area (Å²) in [7, 11) is 0. The quantitative estimate of drug-likeness (QED) is 0.358. The summed E-state index contributed by atoms with van der Waals surface area (Å²) < 4.78 is 15.3. The third-order valence-electron chi connectivity index (χ3n) is 3.93. The Bertz CT molecular complexity index is 1040. The molecule has 0 aliphatic carbocycles. The third kappa shape index (κ3) is 4.48. The number of nitrogens with zero attached hydrogens (tertiary/aromatic N) is 3. The van der Waals surface area contributed by atoms with E-state index in [0.29, 0.717) is 11.1 Å². The molecular formula is C19H19FN4O3S. The molecule has 0 fully saturated rings. The normalized spacial score (nSPS) is 11.1. The monoisotopic (exact) mass is 402 g/mol. The number of rotatable bonds is 7. The van der Waals surface area contributed by atoms with Crippen LogP contribution < -0.4 is 5.32 Å². The van der Waals surface area contributed by atoms with Gasteiger partial charge in [-0.05, 0) is 30.2 Å². The van der Waals surface area contributed by atoms with Gasteiger partial charge in [-0.3, -0.25) is 14.9 Å². The number of carbonyl (C=O) groups excluding carboxylic acids is 1. The predicted octanol–water partition coefficient (Wildman–Crippen LogP) is 4.47. The van der Waals surface area contributed by atoms with Gasteiger partial charge in [-0.25, -0.2) is 9.37 Å². The molecule has 0 aliphatic heterocycles. The second-order valence-corrected chi connectivity index (χ2v) is 7.59. The van der Waals surface area contributed by atoms with Crippen molar-refractivity contribution in [3.8, 4) is 0 Å². The van der Waals surface area contributed by atoms with Crippen LogP contribution in [-0.2, 0) is 11.3 Å². The molecule has 0 aliphatic rings. The second kappa shape index (κ2) is 8.39. The van der Waals surface area contributed by atoms with Gasteiger partial charge in [0.25, 0.3) is 5.69 Å². The summed E-state index contributed by atoms with van der Waals surface area (Å²) in [6, 6.07) is 10.8. The number of nitro benzene ring substituents is 1. The molecule has 2 aromatic carbocycles. The van der Waals surface area contributed by atoms with Crippen LogP contribution in [0.25, 0.3) is 11.0 Å². The van der Waals surface area contributed by atoms with Gasteiger partial charge in [0, 0.05) is 6.54 Å². The smallest absolute Gasteiger partial charge is 0.295 e. The van der Waals surface area contributed by atoms with E-state index in [1.54, 1.807) is 0 Å². The summed E-state index contributed by atoms with van der Waals surface area (Å²) in [5.41, 5.74) is 1.33. The van der Waals surface area contributed by atoms with Crippen LogP contribution in [0.3, 0.4) is 0 Å². The second-order valence-electron chi connectivity index (χ2n) is 6.64. The number of nitrogens with one attached hydrogen (secondary N) is 1. The molecule has 9 heteroatoms. The average molecular weight is 402 g/mol. The Morgan fingerprint density at radius 2 is 2.07 bits per heavy atom. The van der Waals surface area contributed by atoms with Gasteiger partial charge in [0.05, 0.1) is 27.8 Å². The van der Waals surface area contributed by atoms with Crippen molar-refractivity contribution in [1.82, 2.24) is 9.55 Å². The highest BCUT2D eigenvalue weighted by molar-refractivity contribution is 7.99. The number of para-hydroxylation sites is 2. The van der Waals surface area contributed by atoms with Gasteiger partial charge >= 0.3 is 0 Å². The fourth-order valence-corrected chi connectivity index (χ4v) is 3.61. The predicted molar refractivity (Wildman–Crippen MR) is 107 cm³/mol. The highest BCUT2D eigenvalue weighted by Gasteiger charge is 2.18. The number of fused-ring (bicyclic) bond motifs is 1. The van der Waals surface area contributed by atoms with E-state index in [4.69, 9.17) is 0 Å². The van der Waals surface area contributed by atoms with E-state index in [0.717, 1.165) is 29.7 Å². The first-order chi connectivity index (χ1) is 13.3. The molecule has 0 saturated carbocycles. The van der Waals surface area contributed by atoms with E-state index in [1.165, 1.54) is 17.8 Å². The zero-order chi connectivity index (χ0) is 20.3. The lowest BCUT2D eigenvalue weighted by molar-refractivity contribution is -0.384. The molecule has 0 saturated heterocycles. The van der Waals surface area contributed by atoms with Crippen LogP contribution >= 0.6 is 11.8 Å². The van der Waals surface area contributed by atoms with Crippen molar-refractivity contribution in [2.24, 2.45) is 5.92 Å². The van der Waals surface area contributed by atoms with Crippen LogP contribution in [0.15, 0.2) is 47.6 Å². The molecule has 7 nitrogen and oxygen atoms in total. The van der Waals surface area contributed by atoms with Gasteiger partial charge in [-0.2, -0.15) is 0 Å². The van der Waals surface area contributed by atoms with E-state index < -0.39 is 22.3 Å². The van der Waals surface area contributed by atoms with E-state index in [2.05, 4.69) is 28.7 Å². The Labute approximate surface area is 165 Å². The highest BCUT2D eigenvalue weighted by atomic mass is 32.2. The van der Waals surface area contributed by atoms with Crippen LogP contribution in [0, 0.1) is 21.8 Å². The minimum absolute atomic E-state index is 0.0238. The summed E-state index contributed by atoms with van der Waals surface area (Å²) in [5.74, 6) is -0.743. The molecule has 1 N–H and O–H groups in total. The summed E-state index contributed by atoms with van der Waals surface area (Å²) in [6.45, 7) is 4.96. The third-order valence-corrected chi connectivity index (χ3v) is 4.91. The minimum Gasteiger partial charge on any atom is -0.320 e. The lowest BCUT2D eigenvalue weighted by atomic mass is 10.2. The van der Waals surface area contributed by atoms with Crippen molar-refractivity contribution < 1.29 is 14.1 Å². The molecule has 0 radical (unpaired) electrons. The maximum atomic E-state index is 13.2. The number of anilines is 1. The Kier molecular flexibility index (Phi) is 5.93. The van der Waals surface area contributed by atoms with Crippen molar-refractivity contribution in [1.29, 1.82) is 0 Å². The zero-order valence-corrected chi connectivity index (χ0v) is 16.2. The molecule has 3 rings (SSSR count). The lowest BCUT2D eigenvalue weighted by Crippen LogP contribution is -2.16. The van der Waals surface area contributed by atoms with Gasteiger partial charge < -0.3 is 9.88 Å². The fraction of sp³-hybridized carbons (Fsp3) is 0.263. The summed E-state index contributed by atoms with van der Waals surface area (Å²) in [5, 5.41) is 14.2. The highest BCUT2D eigenvalue weighted by Crippen LogP contribution is 2.27. The molecule has 0 spiro atoms. The van der Waals surface area contributed by atoms with Crippen molar-refractivity contribution in [3.05, 3.63) is 58.4 Å². The van der Waals surface area contributed by atoms with Crippen LogP contribution in [0.1, 0.15) is 13.8 Å². The number of hydrogen-bond acceptors (Lipinski definition) is 5. The summed E-state index contributed by atoms with van der Waals surface area (Å²) >= 11 is 1.26. The number of halogens is 1. The van der Waals surface area contributed by atoms with Crippen molar-refractivity contribution in [3.63, 3.8) is 0 Å². The van der Waals surface area contributed by atoms with Gasteiger partial charge in [0.15, 0.2) is 5.16 Å². The van der Waals surface area contributed by atoms with E-state index in [9.17, 15) is 19.3 Å². The fourth-order valence-electron chi connectivity index (χ4n) is 2.78. The first-order valence-electron chi connectivity index (χ1n) is 8.67. The number of benzene rings is 2. The van der Waals surface area contributed by atoms with E-state index >= 15 is 0 Å². The lowest BCUT2D eigenvalue weighted by Gasteiger charge is -2.11. The number of imidazole rings is 1. The van der Waals surface area contributed by atoms with Crippen molar-refractivity contribution in [2.75, 3.05) is 11.1 Å². The SMILES string of the molecule is CC(C)Cn1c(SCC(=O)Nc2ccc(F)cc2[N+](=O)[O-])nc2ccccc21. The molecule has 28 heavy (non-hydrogen) atoms. The van der Waals surface area contributed by atoms with Gasteiger partial charge in [-0.15, -0.1) is 0 Å². The van der Waals surface area contributed by atoms with Gasteiger partial charge in [0.1, 0.15) is 11.5 Å². The Hall–Kier alpha value is -2.94. The molecular weight excluding hydrogens is 383 g/mol. The number of thioether (sulfide) groups is 1. The molecule has 1 aromatic heterocycles. The summed E-state index contributed by atoms with van der Waals surface area (Å²) in [4.78, 5) is 27.2. The first-order valence-corrected chi connectivity index (χ1v) is 9.65. The molecule has 146 valence electrons. The van der Waals surface area contributed by atoms with E-state index in [1.807, 2.05) is 24.3 Å². The molecule has 1 amide bonds. The van der Waals surface area contributed by atoms with Crippen molar-refractivity contribution in [2.45, 2.75) is 25.5 Å². The Balaban J connectivity index is 1.76. The molecule has 0 unspecified atom stereocenters. The van der Waals surface area contributed by atoms with E-state index in [-0.39, 0.29) is 11.4 Å². The molecule has 1 heterocycles. The number of amides is 1. The van der Waals surface area contributed by atoms with Gasteiger partial charge in [-0.1, -0.05) is 37.7 Å². The topological polar surface area (TPSA) is 90.1 Å². The van der Waals surface area contributed by atoms with Crippen LogP contribution in [0.4, 0.5) is 15.8 Å². The maximum Gasteiger partial charge on any atom is 0.295 e. The molecule has 0 atom stereocenters. The first kappa shape index (κ1) is 19.8. The van der Waals surface area contributed by atoms with Crippen LogP contribution in [0.2, 0.25) is 0 Å². The largest absolute Gasteiger partial charge is 0.320 e. The maximum absolute atomic E-state index is 13.2. The Morgan fingerprint density at radius 3 is 2.79 bits per heavy atom. The summed E-state index contributed by atoms with van der Waals surface area (Å²) in [6.07, 6.45) is 0.